The van der Waals surface area contributed by atoms with Crippen molar-refractivity contribution >= 4 is 49.4 Å². The Bertz CT molecular complexity index is 3760. The zero-order valence-electron chi connectivity index (χ0n) is 35.2. The highest BCUT2D eigenvalue weighted by Gasteiger charge is 2.22. The number of fused-ring (bicyclic) bond motifs is 6. The summed E-state index contributed by atoms with van der Waals surface area (Å²) in [6.45, 7) is 7.55. The number of hydrogen-bond acceptors (Lipinski definition) is 5. The molecular weight excluding hydrogens is 809 g/mol. The zero-order valence-corrected chi connectivity index (χ0v) is 35.2. The summed E-state index contributed by atoms with van der Waals surface area (Å²) in [6.07, 6.45) is 0. The Morgan fingerprint density at radius 2 is 0.924 bits per heavy atom. The Hall–Kier alpha value is -9.43. The monoisotopic (exact) mass is 842 g/mol. The van der Waals surface area contributed by atoms with E-state index >= 15 is 0 Å². The summed E-state index contributed by atoms with van der Waals surface area (Å²) in [7, 11) is 0. The van der Waals surface area contributed by atoms with E-state index in [-0.39, 0.29) is 0 Å². The quantitative estimate of drug-likeness (QED) is 0.149. The van der Waals surface area contributed by atoms with Crippen LogP contribution in [0, 0.1) is 17.9 Å². The molecule has 0 amide bonds. The van der Waals surface area contributed by atoms with Crippen LogP contribution in [-0.4, -0.2) is 19.5 Å². The molecule has 0 N–H and O–H groups in total. The lowest BCUT2D eigenvalue weighted by molar-refractivity contribution is 0.669. The molecule has 0 bridgehead atoms. The molecule has 3 heterocycles. The highest BCUT2D eigenvalue weighted by Crippen LogP contribution is 2.42. The molecule has 0 radical (unpaired) electrons. The summed E-state index contributed by atoms with van der Waals surface area (Å²) < 4.78 is 8.57. The Morgan fingerprint density at radius 1 is 0.424 bits per heavy atom. The largest absolute Gasteiger partial charge is 0.456 e. The smallest absolute Gasteiger partial charge is 0.187 e. The van der Waals surface area contributed by atoms with Crippen molar-refractivity contribution in [2.24, 2.45) is 0 Å². The van der Waals surface area contributed by atoms with Gasteiger partial charge in [-0.25, -0.2) is 19.8 Å². The third kappa shape index (κ3) is 6.64. The van der Waals surface area contributed by atoms with Gasteiger partial charge in [0.2, 0.25) is 0 Å². The summed E-state index contributed by atoms with van der Waals surface area (Å²) in [6, 6.07) is 72.0. The summed E-state index contributed by atoms with van der Waals surface area (Å²) in [4.78, 5) is 19.3. The van der Waals surface area contributed by atoms with E-state index in [2.05, 4.69) is 88.3 Å². The van der Waals surface area contributed by atoms with Gasteiger partial charge < -0.3 is 8.98 Å². The molecule has 0 aliphatic carbocycles. The van der Waals surface area contributed by atoms with E-state index in [1.54, 1.807) is 0 Å². The van der Waals surface area contributed by atoms with Crippen LogP contribution >= 0.6 is 0 Å². The van der Waals surface area contributed by atoms with Gasteiger partial charge in [0.1, 0.15) is 11.2 Å². The molecule has 0 saturated heterocycles. The summed E-state index contributed by atoms with van der Waals surface area (Å²) in [5.74, 6) is 1.66. The molecule has 3 aromatic heterocycles. The Balaban J connectivity index is 1.16. The van der Waals surface area contributed by atoms with Crippen LogP contribution in [-0.2, 0) is 0 Å². The van der Waals surface area contributed by atoms with Crippen molar-refractivity contribution < 1.29 is 4.42 Å². The van der Waals surface area contributed by atoms with E-state index in [9.17, 15) is 5.26 Å². The van der Waals surface area contributed by atoms with Gasteiger partial charge in [-0.05, 0) is 88.0 Å². The molecule has 66 heavy (non-hydrogen) atoms. The van der Waals surface area contributed by atoms with E-state index in [1.807, 2.05) is 133 Å². The van der Waals surface area contributed by atoms with Crippen molar-refractivity contribution in [3.8, 4) is 79.3 Å². The van der Waals surface area contributed by atoms with Crippen molar-refractivity contribution in [1.29, 1.82) is 5.26 Å². The molecule has 7 nitrogen and oxygen atoms in total. The van der Waals surface area contributed by atoms with Crippen LogP contribution in [0.4, 0.5) is 5.69 Å². The van der Waals surface area contributed by atoms with Gasteiger partial charge in [-0.2, -0.15) is 5.26 Å². The van der Waals surface area contributed by atoms with Crippen LogP contribution in [0.1, 0.15) is 5.56 Å². The maximum absolute atomic E-state index is 9.58. The van der Waals surface area contributed by atoms with Crippen molar-refractivity contribution in [3.63, 3.8) is 0 Å². The number of furan rings is 1. The fourth-order valence-corrected chi connectivity index (χ4v) is 9.03. The topological polar surface area (TPSA) is 84.9 Å². The molecule has 7 heteroatoms. The van der Waals surface area contributed by atoms with Gasteiger partial charge in [-0.3, -0.25) is 0 Å². The van der Waals surface area contributed by atoms with Crippen LogP contribution in [0.5, 0.6) is 0 Å². The van der Waals surface area contributed by atoms with Crippen LogP contribution in [0.25, 0.3) is 122 Å². The molecule has 0 atom stereocenters. The minimum absolute atomic E-state index is 0.526. The minimum Gasteiger partial charge on any atom is -0.456 e. The van der Waals surface area contributed by atoms with Crippen molar-refractivity contribution in [1.82, 2.24) is 19.5 Å². The molecule has 12 aromatic rings. The second-order valence-electron chi connectivity index (χ2n) is 16.2. The average Bonchev–Trinajstić information content (AvgIpc) is 3.93. The third-order valence-electron chi connectivity index (χ3n) is 12.3. The zero-order chi connectivity index (χ0) is 44.1. The van der Waals surface area contributed by atoms with E-state index < -0.39 is 0 Å². The van der Waals surface area contributed by atoms with E-state index in [0.29, 0.717) is 28.7 Å². The van der Waals surface area contributed by atoms with E-state index in [0.717, 1.165) is 99.5 Å². The van der Waals surface area contributed by atoms with Gasteiger partial charge in [-0.15, -0.1) is 0 Å². The predicted octanol–water partition coefficient (Wildman–Crippen LogP) is 15.3. The lowest BCUT2D eigenvalue weighted by Gasteiger charge is -2.17. The maximum Gasteiger partial charge on any atom is 0.187 e. The first-order valence-electron chi connectivity index (χ1n) is 21.6. The molecule has 0 aliphatic heterocycles. The van der Waals surface area contributed by atoms with Crippen molar-refractivity contribution in [3.05, 3.63) is 223 Å². The number of rotatable bonds is 7. The van der Waals surface area contributed by atoms with Crippen molar-refractivity contribution in [2.75, 3.05) is 0 Å². The van der Waals surface area contributed by atoms with Gasteiger partial charge in [0, 0.05) is 38.2 Å². The summed E-state index contributed by atoms with van der Waals surface area (Å²) in [5, 5.41) is 13.8. The maximum atomic E-state index is 9.58. The molecule has 0 saturated carbocycles. The van der Waals surface area contributed by atoms with Crippen LogP contribution in [0.15, 0.2) is 211 Å². The minimum atomic E-state index is 0.526. The third-order valence-corrected chi connectivity index (χ3v) is 12.3. The van der Waals surface area contributed by atoms with Crippen LogP contribution in [0.3, 0.4) is 0 Å². The number of para-hydroxylation sites is 1. The SMILES string of the molecule is [C-]#[N+]c1ccc(-c2ccc3c4ccc(-c5ccc(C#N)cc5)cc4n(-c4ccc(-c5ccc6oc7ccccc7c6c5)cc4-c4nc(-c5ccccc5)nc(-c5ccccc5)n4)c3c2)cc1. The van der Waals surface area contributed by atoms with Gasteiger partial charge in [-0.1, -0.05) is 152 Å². The van der Waals surface area contributed by atoms with Gasteiger partial charge in [0.15, 0.2) is 23.2 Å². The van der Waals surface area contributed by atoms with Crippen molar-refractivity contribution in [2.45, 2.75) is 0 Å². The lowest BCUT2D eigenvalue weighted by atomic mass is 9.99. The fraction of sp³-hybridized carbons (Fsp3) is 0. The first-order valence-corrected chi connectivity index (χ1v) is 21.6. The molecule has 0 spiro atoms. The number of nitrogens with zero attached hydrogens (tertiary/aromatic N) is 6. The van der Waals surface area contributed by atoms with E-state index in [4.69, 9.17) is 25.9 Å². The Kier molecular flexibility index (Phi) is 9.12. The molecule has 306 valence electrons. The molecule has 0 fully saturated rings. The molecule has 9 aromatic carbocycles. The van der Waals surface area contributed by atoms with Gasteiger partial charge in [0.25, 0.3) is 0 Å². The van der Waals surface area contributed by atoms with Crippen LogP contribution in [0.2, 0.25) is 0 Å². The Labute approximate surface area is 379 Å². The highest BCUT2D eigenvalue weighted by atomic mass is 16.3. The lowest BCUT2D eigenvalue weighted by Crippen LogP contribution is -2.04. The first-order chi connectivity index (χ1) is 32.6. The highest BCUT2D eigenvalue weighted by molar-refractivity contribution is 6.12. The van der Waals surface area contributed by atoms with E-state index in [1.165, 1.54) is 0 Å². The van der Waals surface area contributed by atoms with Gasteiger partial charge >= 0.3 is 0 Å². The number of benzene rings is 9. The van der Waals surface area contributed by atoms with Gasteiger partial charge in [0.05, 0.1) is 34.9 Å². The molecular formula is C59H34N6O. The standard InChI is InChI=1S/C59H34N6O/c1-61-46-26-20-39(21-27-46)45-23-29-48-47-28-22-44(38-18-16-37(36-60)17-19-38)34-53(47)65(54(48)35-45)52-30-24-42(43-25-31-56-50(32-43)49-14-8-9-15-55(49)66-56)33-51(52)59-63-57(40-10-4-2-5-11-40)62-58(64-59)41-12-6-3-7-13-41/h2-35H. The number of aromatic nitrogens is 4. The predicted molar refractivity (Wildman–Crippen MR) is 265 cm³/mol. The molecule has 0 unspecified atom stereocenters. The van der Waals surface area contributed by atoms with Crippen LogP contribution < -0.4 is 0 Å². The number of nitriles is 1. The average molecular weight is 843 g/mol. The fourth-order valence-electron chi connectivity index (χ4n) is 9.03. The first kappa shape index (κ1) is 38.3. The Morgan fingerprint density at radius 3 is 1.55 bits per heavy atom. The second kappa shape index (κ2) is 15.7. The summed E-state index contributed by atoms with van der Waals surface area (Å²) in [5.41, 5.74) is 14.4. The summed E-state index contributed by atoms with van der Waals surface area (Å²) >= 11 is 0. The number of hydrogen-bond donors (Lipinski definition) is 0. The normalized spacial score (nSPS) is 11.3. The molecule has 0 aliphatic rings. The molecule has 12 rings (SSSR count). The second-order valence-corrected chi connectivity index (χ2v) is 16.2.